The van der Waals surface area contributed by atoms with Crippen LogP contribution in [0.4, 0.5) is 27.8 Å². The summed E-state index contributed by atoms with van der Waals surface area (Å²) in [6.45, 7) is 1.42. The molecule has 15 heteroatoms. The molecule has 4 rings (SSSR count). The average Bonchev–Trinajstić information content (AvgIpc) is 3.31. The summed E-state index contributed by atoms with van der Waals surface area (Å²) in [7, 11) is 0. The molecule has 1 aromatic carbocycles. The van der Waals surface area contributed by atoms with Crippen LogP contribution in [0.5, 0.6) is 0 Å². The number of amides is 1. The van der Waals surface area contributed by atoms with Crippen LogP contribution >= 0.6 is 34.8 Å². The molecule has 0 aliphatic heterocycles. The largest absolute Gasteiger partial charge is 0.459 e. The summed E-state index contributed by atoms with van der Waals surface area (Å²) in [4.78, 5) is 16.5. The van der Waals surface area contributed by atoms with Gasteiger partial charge in [-0.15, -0.1) is 0 Å². The average molecular weight is 554 g/mol. The molecule has 35 heavy (non-hydrogen) atoms. The Balaban J connectivity index is 1.62. The van der Waals surface area contributed by atoms with Gasteiger partial charge in [0.05, 0.1) is 6.54 Å². The van der Waals surface area contributed by atoms with Crippen molar-refractivity contribution in [2.75, 3.05) is 5.32 Å². The molecule has 0 aliphatic carbocycles. The normalized spacial score (nSPS) is 12.4. The highest BCUT2D eigenvalue weighted by molar-refractivity contribution is 6.35. The monoisotopic (exact) mass is 552 g/mol. The van der Waals surface area contributed by atoms with E-state index in [1.807, 2.05) is 0 Å². The highest BCUT2D eigenvalue weighted by Crippen LogP contribution is 2.43. The standard InChI is InChI=1S/C20H12Cl3F5N6O/c1-9-4-15(19(24,25)20(26,27)28)34-16(29-9)6-14(31-34)18(35)30-17-13(23)8-33(32-17)7-10-2-3-11(21)5-12(10)22/h2-6,8H,7H2,1H3,(H,30,32,35). The van der Waals surface area contributed by atoms with Crippen molar-refractivity contribution in [1.29, 1.82) is 0 Å². The van der Waals surface area contributed by atoms with E-state index in [1.165, 1.54) is 17.8 Å². The first-order valence-electron chi connectivity index (χ1n) is 9.57. The van der Waals surface area contributed by atoms with Crippen LogP contribution in [0.15, 0.2) is 36.5 Å². The molecule has 0 fully saturated rings. The number of fused-ring (bicyclic) bond motifs is 1. The molecule has 184 valence electrons. The highest BCUT2D eigenvalue weighted by atomic mass is 35.5. The first-order chi connectivity index (χ1) is 16.3. The lowest BCUT2D eigenvalue weighted by Gasteiger charge is -2.20. The van der Waals surface area contributed by atoms with Gasteiger partial charge in [-0.1, -0.05) is 40.9 Å². The van der Waals surface area contributed by atoms with Crippen molar-refractivity contribution >= 4 is 52.2 Å². The van der Waals surface area contributed by atoms with E-state index in [-0.39, 0.29) is 33.2 Å². The van der Waals surface area contributed by atoms with Crippen molar-refractivity contribution in [2.45, 2.75) is 25.6 Å². The SMILES string of the molecule is Cc1cc(C(F)(F)C(F)(F)F)n2nc(C(=O)Nc3nn(Cc4ccc(Cl)cc4Cl)cc3Cl)cc2n1. The third kappa shape index (κ3) is 4.91. The van der Waals surface area contributed by atoms with Crippen LogP contribution in [0.2, 0.25) is 15.1 Å². The number of carbonyl (C=O) groups excluding carboxylic acids is 1. The molecule has 0 unspecified atom stereocenters. The van der Waals surface area contributed by atoms with Gasteiger partial charge in [0.15, 0.2) is 17.2 Å². The van der Waals surface area contributed by atoms with Gasteiger partial charge in [0.1, 0.15) is 10.7 Å². The zero-order valence-electron chi connectivity index (χ0n) is 17.3. The van der Waals surface area contributed by atoms with Gasteiger partial charge in [0.25, 0.3) is 5.91 Å². The maximum Gasteiger partial charge on any atom is 0.459 e. The Kier molecular flexibility index (Phi) is 6.41. The lowest BCUT2D eigenvalue weighted by atomic mass is 10.2. The van der Waals surface area contributed by atoms with Crippen molar-refractivity contribution in [3.05, 3.63) is 74.2 Å². The van der Waals surface area contributed by atoms with Crippen LogP contribution in [0.25, 0.3) is 5.65 Å². The summed E-state index contributed by atoms with van der Waals surface area (Å²) in [5, 5.41) is 11.0. The molecular formula is C20H12Cl3F5N6O. The number of aromatic nitrogens is 5. The van der Waals surface area contributed by atoms with Gasteiger partial charge >= 0.3 is 12.1 Å². The number of carbonyl (C=O) groups is 1. The molecule has 3 aromatic heterocycles. The lowest BCUT2D eigenvalue weighted by Crippen LogP contribution is -2.36. The molecule has 7 nitrogen and oxygen atoms in total. The zero-order valence-corrected chi connectivity index (χ0v) is 19.6. The second kappa shape index (κ2) is 8.92. The molecule has 0 saturated carbocycles. The van der Waals surface area contributed by atoms with Crippen molar-refractivity contribution in [3.63, 3.8) is 0 Å². The maximum atomic E-state index is 14.1. The number of benzene rings is 1. The Morgan fingerprint density at radius 2 is 1.74 bits per heavy atom. The van der Waals surface area contributed by atoms with E-state index in [4.69, 9.17) is 34.8 Å². The van der Waals surface area contributed by atoms with Gasteiger partial charge in [0.2, 0.25) is 0 Å². The molecule has 1 amide bonds. The minimum absolute atomic E-state index is 0.0328. The molecule has 0 bridgehead atoms. The number of anilines is 1. The molecule has 0 radical (unpaired) electrons. The number of nitrogens with zero attached hydrogens (tertiary/aromatic N) is 5. The van der Waals surface area contributed by atoms with Crippen molar-refractivity contribution < 1.29 is 26.7 Å². The van der Waals surface area contributed by atoms with E-state index in [9.17, 15) is 26.7 Å². The molecule has 0 saturated heterocycles. The lowest BCUT2D eigenvalue weighted by molar-refractivity contribution is -0.291. The predicted octanol–water partition coefficient (Wildman–Crippen LogP) is 6.15. The van der Waals surface area contributed by atoms with Gasteiger partial charge in [0, 0.05) is 28.0 Å². The summed E-state index contributed by atoms with van der Waals surface area (Å²) in [5.74, 6) is -6.28. The smallest absolute Gasteiger partial charge is 0.302 e. The van der Waals surface area contributed by atoms with E-state index >= 15 is 0 Å². The molecule has 3 heterocycles. The summed E-state index contributed by atoms with van der Waals surface area (Å²) >= 11 is 18.1. The molecule has 0 aliphatic rings. The Labute approximate surface area is 208 Å². The third-order valence-electron chi connectivity index (χ3n) is 4.76. The number of alkyl halides is 5. The number of aryl methyl sites for hydroxylation is 1. The van der Waals surface area contributed by atoms with Gasteiger partial charge in [-0.3, -0.25) is 9.48 Å². The quantitative estimate of drug-likeness (QED) is 0.301. The fourth-order valence-electron chi connectivity index (χ4n) is 3.14. The minimum Gasteiger partial charge on any atom is -0.302 e. The Morgan fingerprint density at radius 1 is 1.03 bits per heavy atom. The Hall–Kier alpha value is -2.96. The first-order valence-corrected chi connectivity index (χ1v) is 10.7. The second-order valence-corrected chi connectivity index (χ2v) is 8.62. The van der Waals surface area contributed by atoms with E-state index in [0.717, 1.165) is 6.07 Å². The molecule has 4 aromatic rings. The van der Waals surface area contributed by atoms with E-state index in [2.05, 4.69) is 20.5 Å². The van der Waals surface area contributed by atoms with Crippen LogP contribution in [0, 0.1) is 6.92 Å². The minimum atomic E-state index is -5.88. The van der Waals surface area contributed by atoms with Crippen molar-refractivity contribution in [2.24, 2.45) is 0 Å². The third-order valence-corrected chi connectivity index (χ3v) is 5.63. The van der Waals surface area contributed by atoms with Crippen LogP contribution in [-0.2, 0) is 12.5 Å². The number of rotatable bonds is 5. The molecular weight excluding hydrogens is 542 g/mol. The molecule has 0 atom stereocenters. The summed E-state index contributed by atoms with van der Waals surface area (Å²) in [6.07, 6.45) is -4.48. The van der Waals surface area contributed by atoms with Crippen LogP contribution in [0.3, 0.4) is 0 Å². The van der Waals surface area contributed by atoms with Crippen molar-refractivity contribution in [1.82, 2.24) is 24.4 Å². The number of nitrogens with one attached hydrogen (secondary N) is 1. The van der Waals surface area contributed by atoms with Gasteiger partial charge in [-0.05, 0) is 30.7 Å². The number of hydrogen-bond acceptors (Lipinski definition) is 4. The fraction of sp³-hybridized carbons (Fsp3) is 0.200. The summed E-state index contributed by atoms with van der Waals surface area (Å²) in [5.41, 5.74) is -1.79. The summed E-state index contributed by atoms with van der Waals surface area (Å²) < 4.78 is 68.6. The number of halogens is 8. The Bertz CT molecular complexity index is 1450. The molecule has 1 N–H and O–H groups in total. The maximum absolute atomic E-state index is 14.1. The van der Waals surface area contributed by atoms with Gasteiger partial charge in [-0.2, -0.15) is 32.1 Å². The predicted molar refractivity (Wildman–Crippen MR) is 118 cm³/mol. The Morgan fingerprint density at radius 3 is 2.40 bits per heavy atom. The number of hydrogen-bond donors (Lipinski definition) is 1. The topological polar surface area (TPSA) is 77.1 Å². The van der Waals surface area contributed by atoms with Crippen LogP contribution < -0.4 is 5.32 Å². The first kappa shape index (κ1) is 25.1. The highest BCUT2D eigenvalue weighted by Gasteiger charge is 2.60. The fourth-order valence-corrected chi connectivity index (χ4v) is 3.80. The van der Waals surface area contributed by atoms with E-state index in [1.54, 1.807) is 18.2 Å². The molecule has 0 spiro atoms. The van der Waals surface area contributed by atoms with Gasteiger partial charge in [-0.25, -0.2) is 9.50 Å². The van der Waals surface area contributed by atoms with E-state index < -0.39 is 29.4 Å². The second-order valence-electron chi connectivity index (χ2n) is 7.37. The van der Waals surface area contributed by atoms with Gasteiger partial charge < -0.3 is 5.32 Å². The van der Waals surface area contributed by atoms with E-state index in [0.29, 0.717) is 21.7 Å². The van der Waals surface area contributed by atoms with Crippen molar-refractivity contribution in [3.8, 4) is 0 Å². The van der Waals surface area contributed by atoms with Crippen LogP contribution in [0.1, 0.15) is 27.4 Å². The zero-order chi connectivity index (χ0) is 25.7. The summed E-state index contributed by atoms with van der Waals surface area (Å²) in [6, 6.07) is 6.37. The van der Waals surface area contributed by atoms with Crippen LogP contribution in [-0.4, -0.2) is 36.5 Å².